The van der Waals surface area contributed by atoms with Gasteiger partial charge in [0.15, 0.2) is 0 Å². The molecule has 0 radical (unpaired) electrons. The van der Waals surface area contributed by atoms with Crippen LogP contribution in [0.1, 0.15) is 12.8 Å². The molecule has 0 bridgehead atoms. The summed E-state index contributed by atoms with van der Waals surface area (Å²) in [6, 6.07) is 0. The summed E-state index contributed by atoms with van der Waals surface area (Å²) < 4.78 is 1.72. The highest BCUT2D eigenvalue weighted by Gasteiger charge is 2.09. The van der Waals surface area contributed by atoms with Gasteiger partial charge in [-0.25, -0.2) is 9.67 Å². The van der Waals surface area contributed by atoms with Gasteiger partial charge >= 0.3 is 0 Å². The van der Waals surface area contributed by atoms with Crippen molar-refractivity contribution in [2.24, 2.45) is 5.73 Å². The summed E-state index contributed by atoms with van der Waals surface area (Å²) in [4.78, 5) is 8.15. The molecule has 0 saturated carbocycles. The third-order valence-corrected chi connectivity index (χ3v) is 2.15. The minimum atomic E-state index is 0.644. The van der Waals surface area contributed by atoms with Gasteiger partial charge in [0.1, 0.15) is 5.69 Å². The van der Waals surface area contributed by atoms with Crippen LogP contribution in [0.4, 0.5) is 0 Å². The maximum Gasteiger partial charge on any atom is 0.202 e. The standard InChI is InChI=1S/C9H13N7/c10-3-1-2-6-16-9(13-14-15-16)8-7-11-4-5-12-8/h4-5,7H,1-3,6,10H2. The number of aromatic nitrogens is 6. The second kappa shape index (κ2) is 5.26. The number of aryl methyl sites for hydroxylation is 1. The molecular weight excluding hydrogens is 206 g/mol. The lowest BCUT2D eigenvalue weighted by atomic mass is 10.3. The molecule has 0 spiro atoms. The molecule has 0 amide bonds. The predicted octanol–water partition coefficient (Wildman–Crippen LogP) is -0.131. The van der Waals surface area contributed by atoms with Gasteiger partial charge in [0.25, 0.3) is 0 Å². The van der Waals surface area contributed by atoms with Crippen LogP contribution in [0, 0.1) is 0 Å². The predicted molar refractivity (Wildman–Crippen MR) is 57.1 cm³/mol. The van der Waals surface area contributed by atoms with Gasteiger partial charge in [-0.3, -0.25) is 4.98 Å². The van der Waals surface area contributed by atoms with Gasteiger partial charge in [0.2, 0.25) is 5.82 Å². The monoisotopic (exact) mass is 219 g/mol. The van der Waals surface area contributed by atoms with Gasteiger partial charge in [-0.05, 0) is 29.8 Å². The Morgan fingerprint density at radius 1 is 1.25 bits per heavy atom. The zero-order valence-corrected chi connectivity index (χ0v) is 8.82. The molecule has 0 unspecified atom stereocenters. The van der Waals surface area contributed by atoms with E-state index in [2.05, 4.69) is 25.5 Å². The summed E-state index contributed by atoms with van der Waals surface area (Å²) in [5.74, 6) is 0.644. The van der Waals surface area contributed by atoms with Crippen LogP contribution < -0.4 is 5.73 Å². The molecular formula is C9H13N7. The molecule has 0 saturated heterocycles. The highest BCUT2D eigenvalue weighted by atomic mass is 15.5. The van der Waals surface area contributed by atoms with E-state index >= 15 is 0 Å². The Kier molecular flexibility index (Phi) is 3.50. The molecule has 0 aromatic carbocycles. The molecule has 0 aliphatic carbocycles. The van der Waals surface area contributed by atoms with Crippen molar-refractivity contribution in [3.05, 3.63) is 18.6 Å². The molecule has 84 valence electrons. The lowest BCUT2D eigenvalue weighted by molar-refractivity contribution is 0.548. The molecule has 16 heavy (non-hydrogen) atoms. The lowest BCUT2D eigenvalue weighted by Gasteiger charge is -2.02. The van der Waals surface area contributed by atoms with Gasteiger partial charge in [0.05, 0.1) is 6.20 Å². The molecule has 7 heteroatoms. The summed E-state index contributed by atoms with van der Waals surface area (Å²) >= 11 is 0. The molecule has 0 atom stereocenters. The Morgan fingerprint density at radius 3 is 2.94 bits per heavy atom. The second-order valence-corrected chi connectivity index (χ2v) is 3.31. The van der Waals surface area contributed by atoms with Crippen molar-refractivity contribution in [3.63, 3.8) is 0 Å². The highest BCUT2D eigenvalue weighted by Crippen LogP contribution is 2.10. The Hall–Kier alpha value is -1.89. The van der Waals surface area contributed by atoms with Gasteiger partial charge in [-0.2, -0.15) is 0 Å². The van der Waals surface area contributed by atoms with Crippen molar-refractivity contribution >= 4 is 0 Å². The molecule has 2 heterocycles. The number of hydrogen-bond acceptors (Lipinski definition) is 6. The van der Waals surface area contributed by atoms with Crippen molar-refractivity contribution in [2.75, 3.05) is 6.54 Å². The van der Waals surface area contributed by atoms with Crippen molar-refractivity contribution in [2.45, 2.75) is 19.4 Å². The molecule has 2 aromatic heterocycles. The summed E-state index contributed by atoms with van der Waals surface area (Å²) in [5, 5.41) is 11.5. The van der Waals surface area contributed by atoms with Crippen molar-refractivity contribution < 1.29 is 0 Å². The highest BCUT2D eigenvalue weighted by molar-refractivity contribution is 5.45. The Bertz CT molecular complexity index is 424. The smallest absolute Gasteiger partial charge is 0.202 e. The average molecular weight is 219 g/mol. The van der Waals surface area contributed by atoms with Crippen molar-refractivity contribution in [3.8, 4) is 11.5 Å². The zero-order chi connectivity index (χ0) is 11.2. The van der Waals surface area contributed by atoms with Gasteiger partial charge in [-0.15, -0.1) is 5.10 Å². The largest absolute Gasteiger partial charge is 0.330 e. The summed E-state index contributed by atoms with van der Waals surface area (Å²) in [5.41, 5.74) is 6.11. The maximum atomic E-state index is 5.43. The van der Waals surface area contributed by atoms with Crippen molar-refractivity contribution in [1.82, 2.24) is 30.2 Å². The van der Waals surface area contributed by atoms with Crippen LogP contribution in [0.15, 0.2) is 18.6 Å². The number of tetrazole rings is 1. The van der Waals surface area contributed by atoms with Crippen LogP contribution in [0.25, 0.3) is 11.5 Å². The Morgan fingerprint density at radius 2 is 2.19 bits per heavy atom. The molecule has 2 rings (SSSR count). The molecule has 0 aliphatic rings. The van der Waals surface area contributed by atoms with E-state index in [4.69, 9.17) is 5.73 Å². The van der Waals surface area contributed by atoms with E-state index in [0.717, 1.165) is 19.4 Å². The van der Waals surface area contributed by atoms with Gasteiger partial charge in [-0.1, -0.05) is 0 Å². The fourth-order valence-electron chi connectivity index (χ4n) is 1.36. The van der Waals surface area contributed by atoms with Crippen LogP contribution in [-0.4, -0.2) is 36.7 Å². The summed E-state index contributed by atoms with van der Waals surface area (Å²) in [6.07, 6.45) is 6.79. The Labute approximate surface area is 92.7 Å². The van der Waals surface area contributed by atoms with E-state index in [1.807, 2.05) is 0 Å². The van der Waals surface area contributed by atoms with Crippen LogP contribution in [-0.2, 0) is 6.54 Å². The van der Waals surface area contributed by atoms with E-state index in [9.17, 15) is 0 Å². The minimum absolute atomic E-state index is 0.644. The number of unbranched alkanes of at least 4 members (excludes halogenated alkanes) is 1. The number of rotatable bonds is 5. The van der Waals surface area contributed by atoms with E-state index in [1.165, 1.54) is 0 Å². The Balaban J connectivity index is 2.13. The number of hydrogen-bond donors (Lipinski definition) is 1. The molecule has 7 nitrogen and oxygen atoms in total. The average Bonchev–Trinajstić information content (AvgIpc) is 2.79. The number of nitrogens with two attached hydrogens (primary N) is 1. The van der Waals surface area contributed by atoms with E-state index < -0.39 is 0 Å². The number of nitrogens with zero attached hydrogens (tertiary/aromatic N) is 6. The molecule has 0 aliphatic heterocycles. The first-order chi connectivity index (χ1) is 7.92. The lowest BCUT2D eigenvalue weighted by Crippen LogP contribution is -2.06. The first-order valence-corrected chi connectivity index (χ1v) is 5.14. The maximum absolute atomic E-state index is 5.43. The second-order valence-electron chi connectivity index (χ2n) is 3.31. The van der Waals surface area contributed by atoms with Crippen LogP contribution in [0.2, 0.25) is 0 Å². The first-order valence-electron chi connectivity index (χ1n) is 5.14. The van der Waals surface area contributed by atoms with Crippen LogP contribution in [0.5, 0.6) is 0 Å². The minimum Gasteiger partial charge on any atom is -0.330 e. The summed E-state index contributed by atoms with van der Waals surface area (Å²) in [7, 11) is 0. The zero-order valence-electron chi connectivity index (χ0n) is 8.82. The normalized spacial score (nSPS) is 10.6. The van der Waals surface area contributed by atoms with Crippen LogP contribution in [0.3, 0.4) is 0 Å². The summed E-state index contributed by atoms with van der Waals surface area (Å²) in [6.45, 7) is 1.43. The fourth-order valence-corrected chi connectivity index (χ4v) is 1.36. The van der Waals surface area contributed by atoms with Crippen LogP contribution >= 0.6 is 0 Å². The van der Waals surface area contributed by atoms with Crippen molar-refractivity contribution in [1.29, 1.82) is 0 Å². The van der Waals surface area contributed by atoms with Gasteiger partial charge in [0, 0.05) is 18.9 Å². The molecule has 2 aromatic rings. The first kappa shape index (κ1) is 10.6. The molecule has 0 fully saturated rings. The molecule has 2 N–H and O–H groups in total. The van der Waals surface area contributed by atoms with Gasteiger partial charge < -0.3 is 5.73 Å². The fraction of sp³-hybridized carbons (Fsp3) is 0.444. The quantitative estimate of drug-likeness (QED) is 0.704. The van der Waals surface area contributed by atoms with E-state index in [0.29, 0.717) is 18.1 Å². The van der Waals surface area contributed by atoms with E-state index in [-0.39, 0.29) is 0 Å². The third-order valence-electron chi connectivity index (χ3n) is 2.15. The SMILES string of the molecule is NCCCCn1nnnc1-c1cnccn1. The van der Waals surface area contributed by atoms with E-state index in [1.54, 1.807) is 23.3 Å². The third kappa shape index (κ3) is 2.37. The topological polar surface area (TPSA) is 95.4 Å².